The van der Waals surface area contributed by atoms with Crippen LogP contribution in [0.1, 0.15) is 16.3 Å². The van der Waals surface area contributed by atoms with Crippen LogP contribution in [0, 0.1) is 13.8 Å². The lowest BCUT2D eigenvalue weighted by Gasteiger charge is -2.05. The van der Waals surface area contributed by atoms with Crippen molar-refractivity contribution in [2.45, 2.75) is 20.3 Å². The van der Waals surface area contributed by atoms with Gasteiger partial charge < -0.3 is 9.72 Å². The number of nitrogens with zero attached hydrogens (tertiary/aromatic N) is 1. The molecule has 0 amide bonds. The predicted molar refractivity (Wildman–Crippen MR) is 95.7 cm³/mol. The van der Waals surface area contributed by atoms with Gasteiger partial charge in [0.25, 0.3) is 5.56 Å². The van der Waals surface area contributed by atoms with Gasteiger partial charge in [-0.1, -0.05) is 17.7 Å². The van der Waals surface area contributed by atoms with E-state index in [1.807, 2.05) is 32.0 Å². The number of hydrogen-bond acceptors (Lipinski definition) is 4. The van der Waals surface area contributed by atoms with Crippen molar-refractivity contribution in [3.8, 4) is 11.1 Å². The monoisotopic (exact) mass is 348 g/mol. The van der Waals surface area contributed by atoms with Crippen molar-refractivity contribution >= 4 is 33.2 Å². The average Bonchev–Trinajstić information content (AvgIpc) is 2.84. The highest BCUT2D eigenvalue weighted by Crippen LogP contribution is 2.36. The number of rotatable bonds is 4. The largest absolute Gasteiger partial charge is 0.384 e. The number of aromatic amines is 1. The Kier molecular flexibility index (Phi) is 4.53. The van der Waals surface area contributed by atoms with Gasteiger partial charge in [-0.05, 0) is 37.1 Å². The summed E-state index contributed by atoms with van der Waals surface area (Å²) in [4.78, 5) is 21.8. The molecule has 2 aromatic heterocycles. The molecule has 120 valence electrons. The molecular formula is C17H17ClN2O2S. The average molecular weight is 349 g/mol. The second kappa shape index (κ2) is 6.43. The first kappa shape index (κ1) is 16.2. The number of aromatic nitrogens is 2. The van der Waals surface area contributed by atoms with Gasteiger partial charge in [0, 0.05) is 29.0 Å². The summed E-state index contributed by atoms with van der Waals surface area (Å²) in [7, 11) is 1.63. The summed E-state index contributed by atoms with van der Waals surface area (Å²) in [5.41, 5.74) is 2.82. The van der Waals surface area contributed by atoms with E-state index in [0.717, 1.165) is 31.4 Å². The molecule has 0 aliphatic heterocycles. The molecule has 2 heterocycles. The molecule has 1 N–H and O–H groups in total. The summed E-state index contributed by atoms with van der Waals surface area (Å²) in [5, 5.41) is 1.37. The van der Waals surface area contributed by atoms with Gasteiger partial charge in [-0.25, -0.2) is 4.98 Å². The highest BCUT2D eigenvalue weighted by molar-refractivity contribution is 7.19. The first-order valence-electron chi connectivity index (χ1n) is 7.29. The number of thiophene rings is 1. The Morgan fingerprint density at radius 3 is 2.83 bits per heavy atom. The fourth-order valence-corrected chi connectivity index (χ4v) is 3.81. The van der Waals surface area contributed by atoms with Gasteiger partial charge in [0.05, 0.1) is 12.0 Å². The lowest BCUT2D eigenvalue weighted by Crippen LogP contribution is -2.12. The molecule has 0 atom stereocenters. The Hall–Kier alpha value is -1.69. The van der Waals surface area contributed by atoms with Crippen LogP contribution in [-0.4, -0.2) is 23.7 Å². The quantitative estimate of drug-likeness (QED) is 0.771. The van der Waals surface area contributed by atoms with E-state index >= 15 is 0 Å². The van der Waals surface area contributed by atoms with Crippen LogP contribution >= 0.6 is 22.9 Å². The SMILES string of the molecule is COCCc1nc2sc(C)c(-c3ccc(Cl)c(C)c3)c2c(=O)[nH]1. The minimum absolute atomic E-state index is 0.104. The minimum Gasteiger partial charge on any atom is -0.384 e. The number of hydrogen-bond donors (Lipinski definition) is 1. The fraction of sp³-hybridized carbons (Fsp3) is 0.294. The predicted octanol–water partition coefficient (Wildman–Crippen LogP) is 4.11. The minimum atomic E-state index is -0.104. The standard InChI is InChI=1S/C17H17ClN2O2S/c1-9-8-11(4-5-12(9)18)14-10(2)23-17-15(14)16(21)19-13(20-17)6-7-22-3/h4-5,8H,6-7H2,1-3H3,(H,19,20,21). The van der Waals surface area contributed by atoms with Crippen LogP contribution in [0.2, 0.25) is 5.02 Å². The molecule has 0 saturated carbocycles. The van der Waals surface area contributed by atoms with Crippen molar-refractivity contribution in [2.75, 3.05) is 13.7 Å². The molecule has 6 heteroatoms. The Morgan fingerprint density at radius 1 is 1.35 bits per heavy atom. The molecule has 0 fully saturated rings. The Labute approximate surface area is 143 Å². The van der Waals surface area contributed by atoms with E-state index in [1.165, 1.54) is 0 Å². The molecule has 0 aliphatic carbocycles. The lowest BCUT2D eigenvalue weighted by atomic mass is 10.0. The van der Waals surface area contributed by atoms with Crippen molar-refractivity contribution in [1.82, 2.24) is 9.97 Å². The van der Waals surface area contributed by atoms with Gasteiger partial charge in [-0.2, -0.15) is 0 Å². The van der Waals surface area contributed by atoms with E-state index in [0.29, 0.717) is 24.2 Å². The molecule has 0 unspecified atom stereocenters. The van der Waals surface area contributed by atoms with Crippen molar-refractivity contribution in [1.29, 1.82) is 0 Å². The van der Waals surface area contributed by atoms with Crippen LogP contribution in [0.25, 0.3) is 21.3 Å². The van der Waals surface area contributed by atoms with E-state index < -0.39 is 0 Å². The van der Waals surface area contributed by atoms with Crippen LogP contribution in [0.4, 0.5) is 0 Å². The van der Waals surface area contributed by atoms with Crippen LogP contribution in [0.3, 0.4) is 0 Å². The smallest absolute Gasteiger partial charge is 0.260 e. The summed E-state index contributed by atoms with van der Waals surface area (Å²) < 4.78 is 5.05. The van der Waals surface area contributed by atoms with Gasteiger partial charge in [0.15, 0.2) is 0 Å². The molecule has 3 rings (SSSR count). The topological polar surface area (TPSA) is 55.0 Å². The first-order chi connectivity index (χ1) is 11.0. The van der Waals surface area contributed by atoms with Gasteiger partial charge in [-0.15, -0.1) is 11.3 Å². The number of methoxy groups -OCH3 is 1. The summed E-state index contributed by atoms with van der Waals surface area (Å²) in [6.07, 6.45) is 0.591. The highest BCUT2D eigenvalue weighted by atomic mass is 35.5. The van der Waals surface area contributed by atoms with Crippen LogP contribution < -0.4 is 5.56 Å². The van der Waals surface area contributed by atoms with E-state index in [1.54, 1.807) is 18.4 Å². The molecule has 0 aliphatic rings. The Balaban J connectivity index is 2.20. The third-order valence-corrected chi connectivity index (χ3v) is 5.20. The molecule has 0 radical (unpaired) electrons. The van der Waals surface area contributed by atoms with E-state index in [-0.39, 0.29) is 5.56 Å². The highest BCUT2D eigenvalue weighted by Gasteiger charge is 2.17. The van der Waals surface area contributed by atoms with Crippen LogP contribution in [-0.2, 0) is 11.2 Å². The maximum atomic E-state index is 12.6. The normalized spacial score (nSPS) is 11.3. The summed E-state index contributed by atoms with van der Waals surface area (Å²) >= 11 is 7.65. The summed E-state index contributed by atoms with van der Waals surface area (Å²) in [6.45, 7) is 4.50. The molecular weight excluding hydrogens is 332 g/mol. The molecule has 3 aromatic rings. The van der Waals surface area contributed by atoms with Crippen LogP contribution in [0.5, 0.6) is 0 Å². The second-order valence-corrected chi connectivity index (χ2v) is 7.04. The van der Waals surface area contributed by atoms with Crippen molar-refractivity contribution in [2.24, 2.45) is 0 Å². The molecule has 23 heavy (non-hydrogen) atoms. The molecule has 0 saturated heterocycles. The summed E-state index contributed by atoms with van der Waals surface area (Å²) in [6, 6.07) is 5.82. The van der Waals surface area contributed by atoms with Gasteiger partial charge >= 0.3 is 0 Å². The van der Waals surface area contributed by atoms with Gasteiger partial charge in [0.1, 0.15) is 10.7 Å². The first-order valence-corrected chi connectivity index (χ1v) is 8.48. The third-order valence-electron chi connectivity index (χ3n) is 3.78. The molecule has 0 bridgehead atoms. The zero-order chi connectivity index (χ0) is 16.6. The number of fused-ring (bicyclic) bond motifs is 1. The van der Waals surface area contributed by atoms with Crippen molar-refractivity contribution < 1.29 is 4.74 Å². The zero-order valence-corrected chi connectivity index (χ0v) is 14.8. The van der Waals surface area contributed by atoms with E-state index in [4.69, 9.17) is 16.3 Å². The lowest BCUT2D eigenvalue weighted by molar-refractivity contribution is 0.200. The van der Waals surface area contributed by atoms with Crippen molar-refractivity contribution in [3.05, 3.63) is 49.8 Å². The second-order valence-electron chi connectivity index (χ2n) is 5.43. The fourth-order valence-electron chi connectivity index (χ4n) is 2.63. The van der Waals surface area contributed by atoms with E-state index in [2.05, 4.69) is 9.97 Å². The number of aryl methyl sites for hydroxylation is 2. The maximum Gasteiger partial charge on any atom is 0.260 e. The van der Waals surface area contributed by atoms with Crippen LogP contribution in [0.15, 0.2) is 23.0 Å². The Morgan fingerprint density at radius 2 is 2.13 bits per heavy atom. The van der Waals surface area contributed by atoms with Gasteiger partial charge in [0.2, 0.25) is 0 Å². The third kappa shape index (κ3) is 3.04. The number of nitrogens with one attached hydrogen (secondary N) is 1. The van der Waals surface area contributed by atoms with E-state index in [9.17, 15) is 4.79 Å². The van der Waals surface area contributed by atoms with Gasteiger partial charge in [-0.3, -0.25) is 4.79 Å². The molecule has 0 spiro atoms. The van der Waals surface area contributed by atoms with Crippen molar-refractivity contribution in [3.63, 3.8) is 0 Å². The molecule has 1 aromatic carbocycles. The zero-order valence-electron chi connectivity index (χ0n) is 13.2. The Bertz CT molecular complexity index is 930. The number of H-pyrrole nitrogens is 1. The maximum absolute atomic E-state index is 12.6. The molecule has 4 nitrogen and oxygen atoms in total. The number of benzene rings is 1. The number of ether oxygens (including phenoxy) is 1. The summed E-state index contributed by atoms with van der Waals surface area (Å²) in [5.74, 6) is 0.657. The number of halogens is 1.